The van der Waals surface area contributed by atoms with Crippen LogP contribution < -0.4 is 0 Å². The molecule has 0 aliphatic rings. The number of nitrogens with zero attached hydrogens (tertiary/aromatic N) is 1. The van der Waals surface area contributed by atoms with Crippen molar-refractivity contribution in [1.82, 2.24) is 9.97 Å². The van der Waals surface area contributed by atoms with E-state index >= 15 is 0 Å². The standard InChI is InChI=1S/C10H20N2OSi/c1-10(2,3)14(4,5)13-7-9-6-11-8-12-9/h6,8H,7H2,1-5H3,(H,11,12). The van der Waals surface area contributed by atoms with Crippen molar-refractivity contribution >= 4 is 8.32 Å². The minimum absolute atomic E-state index is 0.267. The Morgan fingerprint density at radius 1 is 1.43 bits per heavy atom. The molecule has 1 heterocycles. The van der Waals surface area contributed by atoms with Crippen molar-refractivity contribution in [1.29, 1.82) is 0 Å². The molecule has 3 nitrogen and oxygen atoms in total. The highest BCUT2D eigenvalue weighted by molar-refractivity contribution is 6.74. The fourth-order valence-electron chi connectivity index (χ4n) is 0.841. The van der Waals surface area contributed by atoms with Gasteiger partial charge in [0.05, 0.1) is 18.6 Å². The molecule has 0 aliphatic carbocycles. The summed E-state index contributed by atoms with van der Waals surface area (Å²) in [4.78, 5) is 7.07. The molecule has 0 saturated heterocycles. The van der Waals surface area contributed by atoms with Crippen LogP contribution in [0.5, 0.6) is 0 Å². The van der Waals surface area contributed by atoms with E-state index in [1.54, 1.807) is 6.33 Å². The topological polar surface area (TPSA) is 37.9 Å². The van der Waals surface area contributed by atoms with Crippen molar-refractivity contribution in [3.8, 4) is 0 Å². The van der Waals surface area contributed by atoms with Gasteiger partial charge in [0, 0.05) is 6.20 Å². The molecule has 1 rings (SSSR count). The van der Waals surface area contributed by atoms with E-state index in [4.69, 9.17) is 4.43 Å². The average molecular weight is 212 g/mol. The molecule has 0 fully saturated rings. The second-order valence-corrected chi connectivity index (χ2v) is 9.92. The van der Waals surface area contributed by atoms with E-state index in [2.05, 4.69) is 43.8 Å². The lowest BCUT2D eigenvalue weighted by molar-refractivity contribution is 0.272. The highest BCUT2D eigenvalue weighted by Crippen LogP contribution is 2.36. The van der Waals surface area contributed by atoms with Crippen molar-refractivity contribution < 1.29 is 4.43 Å². The zero-order valence-corrected chi connectivity index (χ0v) is 10.7. The van der Waals surface area contributed by atoms with E-state index in [0.29, 0.717) is 6.61 Å². The normalized spacial score (nSPS) is 13.2. The van der Waals surface area contributed by atoms with Crippen molar-refractivity contribution in [3.63, 3.8) is 0 Å². The van der Waals surface area contributed by atoms with Gasteiger partial charge < -0.3 is 9.41 Å². The molecule has 0 spiro atoms. The van der Waals surface area contributed by atoms with Gasteiger partial charge in [-0.25, -0.2) is 4.98 Å². The van der Waals surface area contributed by atoms with Crippen LogP contribution in [0, 0.1) is 0 Å². The van der Waals surface area contributed by atoms with Gasteiger partial charge in [0.25, 0.3) is 0 Å². The number of H-pyrrole nitrogens is 1. The number of hydrogen-bond donors (Lipinski definition) is 1. The quantitative estimate of drug-likeness (QED) is 0.782. The number of imidazole rings is 1. The van der Waals surface area contributed by atoms with E-state index < -0.39 is 8.32 Å². The van der Waals surface area contributed by atoms with E-state index in [9.17, 15) is 0 Å². The van der Waals surface area contributed by atoms with E-state index in [0.717, 1.165) is 5.69 Å². The fraction of sp³-hybridized carbons (Fsp3) is 0.700. The summed E-state index contributed by atoms with van der Waals surface area (Å²) in [5.41, 5.74) is 0.981. The third-order valence-electron chi connectivity index (χ3n) is 2.94. The van der Waals surface area contributed by atoms with Crippen LogP contribution in [0.2, 0.25) is 18.1 Å². The van der Waals surface area contributed by atoms with E-state index in [-0.39, 0.29) is 5.04 Å². The molecule has 14 heavy (non-hydrogen) atoms. The molecule has 0 amide bonds. The highest BCUT2D eigenvalue weighted by atomic mass is 28.4. The molecule has 0 bridgehead atoms. The molecule has 4 heteroatoms. The molecular weight excluding hydrogens is 192 g/mol. The van der Waals surface area contributed by atoms with Crippen LogP contribution in [0.4, 0.5) is 0 Å². The van der Waals surface area contributed by atoms with Crippen LogP contribution in [0.3, 0.4) is 0 Å². The molecule has 0 atom stereocenters. The number of aromatic nitrogens is 2. The summed E-state index contributed by atoms with van der Waals surface area (Å²) < 4.78 is 5.99. The van der Waals surface area contributed by atoms with Crippen LogP contribution in [0.15, 0.2) is 12.5 Å². The van der Waals surface area contributed by atoms with Gasteiger partial charge in [0.15, 0.2) is 8.32 Å². The van der Waals surface area contributed by atoms with Gasteiger partial charge >= 0.3 is 0 Å². The van der Waals surface area contributed by atoms with Crippen LogP contribution >= 0.6 is 0 Å². The first-order valence-corrected chi connectivity index (χ1v) is 7.85. The van der Waals surface area contributed by atoms with Gasteiger partial charge in [-0.3, -0.25) is 0 Å². The number of nitrogens with one attached hydrogen (secondary N) is 1. The SMILES string of the molecule is CC(C)(C)[Si](C)(C)OCc1c[nH]cn1. The fourth-order valence-corrected chi connectivity index (χ4v) is 1.78. The largest absolute Gasteiger partial charge is 0.411 e. The smallest absolute Gasteiger partial charge is 0.192 e. The van der Waals surface area contributed by atoms with Gasteiger partial charge in [-0.1, -0.05) is 20.8 Å². The Kier molecular flexibility index (Phi) is 3.16. The summed E-state index contributed by atoms with van der Waals surface area (Å²) in [6.07, 6.45) is 3.57. The first kappa shape index (κ1) is 11.5. The maximum absolute atomic E-state index is 5.99. The van der Waals surface area contributed by atoms with E-state index in [1.807, 2.05) is 6.20 Å². The summed E-state index contributed by atoms with van der Waals surface area (Å²) in [7, 11) is -1.61. The zero-order valence-electron chi connectivity index (χ0n) is 9.72. The third kappa shape index (κ3) is 2.69. The average Bonchev–Trinajstić information content (AvgIpc) is 2.50. The lowest BCUT2D eigenvalue weighted by atomic mass is 10.2. The summed E-state index contributed by atoms with van der Waals surface area (Å²) in [5.74, 6) is 0. The first-order chi connectivity index (χ1) is 6.33. The molecule has 0 unspecified atom stereocenters. The third-order valence-corrected chi connectivity index (χ3v) is 7.42. The number of aromatic amines is 1. The van der Waals surface area contributed by atoms with Crippen molar-refractivity contribution in [2.24, 2.45) is 0 Å². The predicted octanol–water partition coefficient (Wildman–Crippen LogP) is 2.93. The zero-order chi connectivity index (χ0) is 10.8. The molecule has 1 aromatic heterocycles. The molecular formula is C10H20N2OSi. The molecule has 0 aromatic carbocycles. The molecule has 0 radical (unpaired) electrons. The van der Waals surface area contributed by atoms with Gasteiger partial charge in [-0.15, -0.1) is 0 Å². The first-order valence-electron chi connectivity index (χ1n) is 4.94. The Bertz CT molecular complexity index is 275. The van der Waals surface area contributed by atoms with Crippen LogP contribution in [0.25, 0.3) is 0 Å². The summed E-state index contributed by atoms with van der Waals surface area (Å²) in [5, 5.41) is 0.267. The summed E-state index contributed by atoms with van der Waals surface area (Å²) in [6, 6.07) is 0. The van der Waals surface area contributed by atoms with Gasteiger partial charge in [-0.05, 0) is 18.1 Å². The Balaban J connectivity index is 2.53. The van der Waals surface area contributed by atoms with Crippen molar-refractivity contribution in [3.05, 3.63) is 18.2 Å². The Morgan fingerprint density at radius 3 is 2.50 bits per heavy atom. The second kappa shape index (κ2) is 3.86. The Morgan fingerprint density at radius 2 is 2.07 bits per heavy atom. The number of hydrogen-bond acceptors (Lipinski definition) is 2. The van der Waals surface area contributed by atoms with Crippen molar-refractivity contribution in [2.75, 3.05) is 0 Å². The molecule has 0 aliphatic heterocycles. The summed E-state index contributed by atoms with van der Waals surface area (Å²) in [6.45, 7) is 11.8. The lowest BCUT2D eigenvalue weighted by Gasteiger charge is -2.35. The Labute approximate surface area is 87.0 Å². The van der Waals surface area contributed by atoms with Crippen LogP contribution in [-0.4, -0.2) is 18.3 Å². The maximum Gasteiger partial charge on any atom is 0.192 e. The minimum Gasteiger partial charge on any atom is -0.411 e. The Hall–Kier alpha value is -0.613. The molecule has 0 saturated carbocycles. The lowest BCUT2D eigenvalue weighted by Crippen LogP contribution is -2.40. The molecule has 1 N–H and O–H groups in total. The highest BCUT2D eigenvalue weighted by Gasteiger charge is 2.37. The van der Waals surface area contributed by atoms with Crippen LogP contribution in [0.1, 0.15) is 26.5 Å². The van der Waals surface area contributed by atoms with Gasteiger partial charge in [-0.2, -0.15) is 0 Å². The second-order valence-electron chi connectivity index (χ2n) is 5.11. The predicted molar refractivity (Wildman–Crippen MR) is 60.6 cm³/mol. The summed E-state index contributed by atoms with van der Waals surface area (Å²) >= 11 is 0. The molecule has 1 aromatic rings. The maximum atomic E-state index is 5.99. The van der Waals surface area contributed by atoms with Gasteiger partial charge in [0.1, 0.15) is 0 Å². The molecule has 80 valence electrons. The number of rotatable bonds is 3. The van der Waals surface area contributed by atoms with Gasteiger partial charge in [0.2, 0.25) is 0 Å². The monoisotopic (exact) mass is 212 g/mol. The van der Waals surface area contributed by atoms with E-state index in [1.165, 1.54) is 0 Å². The van der Waals surface area contributed by atoms with Crippen molar-refractivity contribution in [2.45, 2.75) is 45.5 Å². The minimum atomic E-state index is -1.61. The van der Waals surface area contributed by atoms with Crippen LogP contribution in [-0.2, 0) is 11.0 Å².